The van der Waals surface area contributed by atoms with Gasteiger partial charge >= 0.3 is 0 Å². The van der Waals surface area contributed by atoms with Gasteiger partial charge in [0.2, 0.25) is 5.52 Å². The van der Waals surface area contributed by atoms with Crippen LogP contribution in [-0.2, 0) is 7.05 Å². The van der Waals surface area contributed by atoms with Crippen molar-refractivity contribution in [1.29, 1.82) is 0 Å². The van der Waals surface area contributed by atoms with E-state index in [9.17, 15) is 0 Å². The normalized spacial score (nSPS) is 11.4. The Morgan fingerprint density at radius 1 is 0.905 bits per heavy atom. The van der Waals surface area contributed by atoms with Crippen LogP contribution < -0.4 is 4.57 Å². The molecule has 0 saturated carbocycles. The van der Waals surface area contributed by atoms with Crippen LogP contribution in [0.25, 0.3) is 23.1 Å². The van der Waals surface area contributed by atoms with E-state index in [4.69, 9.17) is 23.2 Å². The highest BCUT2D eigenvalue weighted by molar-refractivity contribution is 6.42. The van der Waals surface area contributed by atoms with Crippen LogP contribution in [-0.4, -0.2) is 0 Å². The molecule has 0 aliphatic rings. The summed E-state index contributed by atoms with van der Waals surface area (Å²) in [7, 11) is 2.05. The number of halogens is 2. The predicted molar refractivity (Wildman–Crippen MR) is 90.5 cm³/mol. The first kappa shape index (κ1) is 14.1. The van der Waals surface area contributed by atoms with E-state index in [1.54, 1.807) is 0 Å². The molecule has 2 aromatic carbocycles. The van der Waals surface area contributed by atoms with Gasteiger partial charge in [-0.05, 0) is 29.3 Å². The number of benzene rings is 2. The monoisotopic (exact) mass is 314 g/mol. The third kappa shape index (κ3) is 2.94. The summed E-state index contributed by atoms with van der Waals surface area (Å²) in [4.78, 5) is 0. The van der Waals surface area contributed by atoms with Gasteiger partial charge in [0.05, 0.1) is 15.4 Å². The third-order valence-corrected chi connectivity index (χ3v) is 4.21. The zero-order valence-corrected chi connectivity index (χ0v) is 13.1. The van der Waals surface area contributed by atoms with E-state index >= 15 is 0 Å². The smallest absolute Gasteiger partial charge is 0.201 e. The molecule has 0 N–H and O–H groups in total. The average molecular weight is 315 g/mol. The second-order valence-electron chi connectivity index (χ2n) is 4.91. The number of hydrogen-bond acceptors (Lipinski definition) is 0. The SMILES string of the molecule is C[n+]1ccc(/C=C/c2ccc(Cl)c(Cl)c2)c2ccccc21. The van der Waals surface area contributed by atoms with Crippen molar-refractivity contribution in [3.8, 4) is 0 Å². The minimum absolute atomic E-state index is 0.572. The molecule has 1 aromatic heterocycles. The van der Waals surface area contributed by atoms with Crippen LogP contribution in [0.3, 0.4) is 0 Å². The number of para-hydroxylation sites is 1. The fourth-order valence-electron chi connectivity index (χ4n) is 2.33. The molecule has 0 amide bonds. The Hall–Kier alpha value is -1.83. The molecule has 3 heteroatoms. The lowest BCUT2D eigenvalue weighted by atomic mass is 10.1. The second kappa shape index (κ2) is 5.88. The van der Waals surface area contributed by atoms with Crippen LogP contribution in [0.4, 0.5) is 0 Å². The molecule has 1 nitrogen and oxygen atoms in total. The van der Waals surface area contributed by atoms with Gasteiger partial charge in [0.15, 0.2) is 6.20 Å². The van der Waals surface area contributed by atoms with Gasteiger partial charge in [-0.3, -0.25) is 0 Å². The quantitative estimate of drug-likeness (QED) is 0.576. The van der Waals surface area contributed by atoms with E-state index in [2.05, 4.69) is 54.2 Å². The van der Waals surface area contributed by atoms with E-state index in [-0.39, 0.29) is 0 Å². The zero-order chi connectivity index (χ0) is 14.8. The molecule has 3 aromatic rings. The first-order chi connectivity index (χ1) is 10.1. The molecular weight excluding hydrogens is 301 g/mol. The summed E-state index contributed by atoms with van der Waals surface area (Å²) < 4.78 is 2.12. The standard InChI is InChI=1S/C18H14Cl2N/c1-21-11-10-14(15-4-2-3-5-18(15)21)8-6-13-7-9-16(19)17(20)12-13/h2-12H,1H3/q+1/b8-6+. The highest BCUT2D eigenvalue weighted by Gasteiger charge is 2.06. The van der Waals surface area contributed by atoms with Crippen LogP contribution in [0.2, 0.25) is 10.0 Å². The number of aromatic nitrogens is 1. The maximum absolute atomic E-state index is 6.04. The van der Waals surface area contributed by atoms with Crippen LogP contribution in [0, 0.1) is 0 Å². The van der Waals surface area contributed by atoms with E-state index in [1.165, 1.54) is 16.5 Å². The molecule has 21 heavy (non-hydrogen) atoms. The molecule has 0 unspecified atom stereocenters. The molecule has 0 aliphatic heterocycles. The van der Waals surface area contributed by atoms with Crippen molar-refractivity contribution in [3.63, 3.8) is 0 Å². The molecule has 0 fully saturated rings. The van der Waals surface area contributed by atoms with E-state index in [0.29, 0.717) is 10.0 Å². The van der Waals surface area contributed by atoms with Crippen molar-refractivity contribution < 1.29 is 4.57 Å². The van der Waals surface area contributed by atoms with Crippen molar-refractivity contribution in [2.75, 3.05) is 0 Å². The van der Waals surface area contributed by atoms with Crippen LogP contribution in [0.15, 0.2) is 54.7 Å². The van der Waals surface area contributed by atoms with Gasteiger partial charge in [0, 0.05) is 12.1 Å². The summed E-state index contributed by atoms with van der Waals surface area (Å²) >= 11 is 12.0. The maximum atomic E-state index is 6.04. The maximum Gasteiger partial charge on any atom is 0.212 e. The van der Waals surface area contributed by atoms with Crippen molar-refractivity contribution in [3.05, 3.63) is 75.9 Å². The molecule has 0 radical (unpaired) electrons. The number of rotatable bonds is 2. The lowest BCUT2D eigenvalue weighted by Gasteiger charge is -2.01. The number of aryl methyl sites for hydroxylation is 1. The van der Waals surface area contributed by atoms with Gasteiger partial charge in [0.1, 0.15) is 7.05 Å². The Bertz CT molecular complexity index is 838. The van der Waals surface area contributed by atoms with Gasteiger partial charge < -0.3 is 0 Å². The van der Waals surface area contributed by atoms with Gasteiger partial charge in [-0.2, -0.15) is 0 Å². The van der Waals surface area contributed by atoms with Gasteiger partial charge in [-0.25, -0.2) is 4.57 Å². The minimum Gasteiger partial charge on any atom is -0.201 e. The summed E-state index contributed by atoms with van der Waals surface area (Å²) in [5, 5.41) is 2.37. The van der Waals surface area contributed by atoms with E-state index < -0.39 is 0 Å². The minimum atomic E-state index is 0.572. The predicted octanol–water partition coefficient (Wildman–Crippen LogP) is 5.14. The zero-order valence-electron chi connectivity index (χ0n) is 11.6. The van der Waals surface area contributed by atoms with Crippen molar-refractivity contribution in [2.24, 2.45) is 7.05 Å². The number of hydrogen-bond donors (Lipinski definition) is 0. The number of pyridine rings is 1. The Morgan fingerprint density at radius 3 is 2.52 bits per heavy atom. The van der Waals surface area contributed by atoms with Crippen molar-refractivity contribution >= 4 is 46.3 Å². The lowest BCUT2D eigenvalue weighted by molar-refractivity contribution is -0.644. The Morgan fingerprint density at radius 2 is 1.71 bits per heavy atom. The molecule has 0 aliphatic carbocycles. The van der Waals surface area contributed by atoms with Crippen LogP contribution in [0.5, 0.6) is 0 Å². The summed E-state index contributed by atoms with van der Waals surface area (Å²) in [6, 6.07) is 16.1. The van der Waals surface area contributed by atoms with Crippen LogP contribution in [0.1, 0.15) is 11.1 Å². The highest BCUT2D eigenvalue weighted by atomic mass is 35.5. The first-order valence-corrected chi connectivity index (χ1v) is 7.41. The molecule has 3 rings (SSSR count). The van der Waals surface area contributed by atoms with Gasteiger partial charge in [0.25, 0.3) is 0 Å². The first-order valence-electron chi connectivity index (χ1n) is 6.66. The Balaban J connectivity index is 2.03. The van der Waals surface area contributed by atoms with Gasteiger partial charge in [-0.15, -0.1) is 0 Å². The average Bonchev–Trinajstić information content (AvgIpc) is 2.50. The molecule has 1 heterocycles. The van der Waals surface area contributed by atoms with E-state index in [0.717, 1.165) is 5.56 Å². The van der Waals surface area contributed by atoms with Crippen molar-refractivity contribution in [1.82, 2.24) is 0 Å². The van der Waals surface area contributed by atoms with Crippen molar-refractivity contribution in [2.45, 2.75) is 0 Å². The van der Waals surface area contributed by atoms with Gasteiger partial charge in [-0.1, -0.05) is 53.6 Å². The lowest BCUT2D eigenvalue weighted by Crippen LogP contribution is -2.28. The Kier molecular flexibility index (Phi) is 3.96. The fourth-order valence-corrected chi connectivity index (χ4v) is 2.64. The molecule has 0 saturated heterocycles. The van der Waals surface area contributed by atoms with E-state index in [1.807, 2.05) is 24.3 Å². The number of nitrogens with zero attached hydrogens (tertiary/aromatic N) is 1. The molecular formula is C18H14Cl2N+. The molecule has 0 bridgehead atoms. The summed E-state index contributed by atoms with van der Waals surface area (Å²) in [6.07, 6.45) is 6.21. The van der Waals surface area contributed by atoms with Crippen LogP contribution >= 0.6 is 23.2 Å². The summed E-state index contributed by atoms with van der Waals surface area (Å²) in [5.41, 5.74) is 3.41. The molecule has 0 spiro atoms. The molecule has 0 atom stereocenters. The fraction of sp³-hybridized carbons (Fsp3) is 0.0556. The third-order valence-electron chi connectivity index (χ3n) is 3.47. The largest absolute Gasteiger partial charge is 0.212 e. The highest BCUT2D eigenvalue weighted by Crippen LogP contribution is 2.24. The molecule has 104 valence electrons. The second-order valence-corrected chi connectivity index (χ2v) is 5.72. The Labute approximate surface area is 134 Å². The summed E-state index contributed by atoms with van der Waals surface area (Å²) in [6.45, 7) is 0. The summed E-state index contributed by atoms with van der Waals surface area (Å²) in [5.74, 6) is 0. The topological polar surface area (TPSA) is 3.88 Å². The number of fused-ring (bicyclic) bond motifs is 1.